The minimum atomic E-state index is -2.57. The Morgan fingerprint density at radius 2 is 2.16 bits per heavy atom. The summed E-state index contributed by atoms with van der Waals surface area (Å²) in [5.41, 5.74) is 3.47. The van der Waals surface area contributed by atoms with Crippen LogP contribution in [0.15, 0.2) is 18.2 Å². The van der Waals surface area contributed by atoms with Gasteiger partial charge in [0.1, 0.15) is 0 Å². The molecule has 19 heavy (non-hydrogen) atoms. The van der Waals surface area contributed by atoms with Crippen LogP contribution >= 0.6 is 23.2 Å². The van der Waals surface area contributed by atoms with Gasteiger partial charge in [-0.3, -0.25) is 11.3 Å². The van der Waals surface area contributed by atoms with Crippen molar-refractivity contribution in [3.05, 3.63) is 33.8 Å². The van der Waals surface area contributed by atoms with Crippen LogP contribution in [0.1, 0.15) is 24.8 Å². The Kier molecular flexibility index (Phi) is 4.66. The highest BCUT2D eigenvalue weighted by atomic mass is 35.5. The van der Waals surface area contributed by atoms with Crippen LogP contribution in [0.3, 0.4) is 0 Å². The standard InChI is InChI=1S/C13H16Cl2F2N2/c14-10-3-1-2-8(12(10)15)6-11(19-18)9-4-5-13(16,17)7-9/h1-3,9,11,19H,4-7,18H2. The van der Waals surface area contributed by atoms with Gasteiger partial charge in [-0.2, -0.15) is 0 Å². The molecular formula is C13H16Cl2F2N2. The van der Waals surface area contributed by atoms with Crippen molar-refractivity contribution < 1.29 is 8.78 Å². The molecule has 0 radical (unpaired) electrons. The Hall–Kier alpha value is -0.420. The van der Waals surface area contributed by atoms with E-state index >= 15 is 0 Å². The summed E-state index contributed by atoms with van der Waals surface area (Å²) in [6.45, 7) is 0. The molecule has 3 N–H and O–H groups in total. The van der Waals surface area contributed by atoms with E-state index in [4.69, 9.17) is 29.0 Å². The lowest BCUT2D eigenvalue weighted by atomic mass is 9.92. The van der Waals surface area contributed by atoms with Gasteiger partial charge in [-0.1, -0.05) is 35.3 Å². The zero-order valence-corrected chi connectivity index (χ0v) is 11.8. The molecule has 1 aliphatic rings. The van der Waals surface area contributed by atoms with Crippen LogP contribution in [0.25, 0.3) is 0 Å². The number of alkyl halides is 2. The number of nitrogens with two attached hydrogens (primary N) is 1. The molecule has 0 bridgehead atoms. The number of rotatable bonds is 4. The Morgan fingerprint density at radius 1 is 1.42 bits per heavy atom. The van der Waals surface area contributed by atoms with Crippen molar-refractivity contribution in [1.82, 2.24) is 5.43 Å². The minimum absolute atomic E-state index is 0.0703. The Morgan fingerprint density at radius 3 is 2.74 bits per heavy atom. The topological polar surface area (TPSA) is 38.0 Å². The fraction of sp³-hybridized carbons (Fsp3) is 0.538. The van der Waals surface area contributed by atoms with E-state index in [1.165, 1.54) is 0 Å². The first-order chi connectivity index (χ1) is 8.93. The van der Waals surface area contributed by atoms with Crippen molar-refractivity contribution in [2.24, 2.45) is 11.8 Å². The largest absolute Gasteiger partial charge is 0.271 e. The molecular weight excluding hydrogens is 293 g/mol. The summed E-state index contributed by atoms with van der Waals surface area (Å²) in [5.74, 6) is 2.79. The van der Waals surface area contributed by atoms with E-state index in [9.17, 15) is 8.78 Å². The van der Waals surface area contributed by atoms with Gasteiger partial charge in [0.25, 0.3) is 0 Å². The van der Waals surface area contributed by atoms with Gasteiger partial charge in [0.15, 0.2) is 0 Å². The Balaban J connectivity index is 2.09. The molecule has 2 atom stereocenters. The molecule has 0 heterocycles. The van der Waals surface area contributed by atoms with Crippen LogP contribution in [-0.2, 0) is 6.42 Å². The van der Waals surface area contributed by atoms with Crippen LogP contribution in [-0.4, -0.2) is 12.0 Å². The van der Waals surface area contributed by atoms with Gasteiger partial charge in [-0.25, -0.2) is 8.78 Å². The molecule has 1 fully saturated rings. The van der Waals surface area contributed by atoms with Crippen molar-refractivity contribution in [2.45, 2.75) is 37.6 Å². The smallest absolute Gasteiger partial charge is 0.248 e. The van der Waals surface area contributed by atoms with Crippen molar-refractivity contribution in [3.8, 4) is 0 Å². The van der Waals surface area contributed by atoms with E-state index in [0.29, 0.717) is 22.9 Å². The van der Waals surface area contributed by atoms with Crippen molar-refractivity contribution in [1.29, 1.82) is 0 Å². The van der Waals surface area contributed by atoms with Gasteiger partial charge in [0, 0.05) is 18.9 Å². The Bertz CT molecular complexity index is 454. The molecule has 2 rings (SSSR count). The number of hydrogen-bond acceptors (Lipinski definition) is 2. The van der Waals surface area contributed by atoms with E-state index in [0.717, 1.165) is 5.56 Å². The van der Waals surface area contributed by atoms with Crippen LogP contribution in [0.2, 0.25) is 10.0 Å². The van der Waals surface area contributed by atoms with Gasteiger partial charge in [0.2, 0.25) is 5.92 Å². The molecule has 1 aliphatic carbocycles. The van der Waals surface area contributed by atoms with Gasteiger partial charge >= 0.3 is 0 Å². The van der Waals surface area contributed by atoms with Crippen LogP contribution < -0.4 is 11.3 Å². The van der Waals surface area contributed by atoms with Gasteiger partial charge in [-0.15, -0.1) is 0 Å². The second-order valence-electron chi connectivity index (χ2n) is 5.05. The molecule has 0 spiro atoms. The summed E-state index contributed by atoms with van der Waals surface area (Å²) < 4.78 is 26.5. The lowest BCUT2D eigenvalue weighted by molar-refractivity contribution is 0.00331. The third-order valence-corrected chi connectivity index (χ3v) is 4.55. The zero-order chi connectivity index (χ0) is 14.0. The normalized spacial score (nSPS) is 23.5. The summed E-state index contributed by atoms with van der Waals surface area (Å²) in [5, 5.41) is 0.931. The molecule has 0 amide bonds. The van der Waals surface area contributed by atoms with Crippen LogP contribution in [0.5, 0.6) is 0 Å². The fourth-order valence-corrected chi connectivity index (χ4v) is 3.03. The molecule has 6 heteroatoms. The van der Waals surface area contributed by atoms with Gasteiger partial charge < -0.3 is 0 Å². The lowest BCUT2D eigenvalue weighted by Crippen LogP contribution is -2.42. The molecule has 2 nitrogen and oxygen atoms in total. The van der Waals surface area contributed by atoms with Crippen molar-refractivity contribution in [2.75, 3.05) is 0 Å². The summed E-state index contributed by atoms with van der Waals surface area (Å²) in [6.07, 6.45) is 0.774. The number of benzene rings is 1. The average Bonchev–Trinajstić information content (AvgIpc) is 2.71. The van der Waals surface area contributed by atoms with E-state index in [1.54, 1.807) is 12.1 Å². The summed E-state index contributed by atoms with van der Waals surface area (Å²) in [4.78, 5) is 0. The first-order valence-corrected chi connectivity index (χ1v) is 6.95. The summed E-state index contributed by atoms with van der Waals surface area (Å²) in [6, 6.07) is 5.11. The molecule has 1 aromatic carbocycles. The molecule has 106 valence electrons. The maximum Gasteiger partial charge on any atom is 0.248 e. The zero-order valence-electron chi connectivity index (χ0n) is 10.3. The third-order valence-electron chi connectivity index (χ3n) is 3.70. The second kappa shape index (κ2) is 5.92. The number of hydrazine groups is 1. The van der Waals surface area contributed by atoms with E-state index in [1.807, 2.05) is 6.07 Å². The van der Waals surface area contributed by atoms with E-state index in [2.05, 4.69) is 5.43 Å². The maximum atomic E-state index is 13.3. The number of hydrogen-bond donors (Lipinski definition) is 2. The van der Waals surface area contributed by atoms with Crippen molar-refractivity contribution >= 4 is 23.2 Å². The second-order valence-corrected chi connectivity index (χ2v) is 5.83. The van der Waals surface area contributed by atoms with E-state index in [-0.39, 0.29) is 24.8 Å². The molecule has 0 aliphatic heterocycles. The molecule has 2 unspecified atom stereocenters. The van der Waals surface area contributed by atoms with E-state index < -0.39 is 5.92 Å². The molecule has 1 saturated carbocycles. The van der Waals surface area contributed by atoms with Crippen LogP contribution in [0, 0.1) is 5.92 Å². The van der Waals surface area contributed by atoms with Crippen LogP contribution in [0.4, 0.5) is 8.78 Å². The van der Waals surface area contributed by atoms with Gasteiger partial charge in [0.05, 0.1) is 10.0 Å². The molecule has 0 saturated heterocycles. The molecule has 0 aromatic heterocycles. The first kappa shape index (κ1) is 15.0. The fourth-order valence-electron chi connectivity index (χ4n) is 2.63. The lowest BCUT2D eigenvalue weighted by Gasteiger charge is -2.23. The monoisotopic (exact) mass is 308 g/mol. The molecule has 1 aromatic rings. The minimum Gasteiger partial charge on any atom is -0.271 e. The van der Waals surface area contributed by atoms with Gasteiger partial charge in [-0.05, 0) is 30.4 Å². The maximum absolute atomic E-state index is 13.3. The first-order valence-electron chi connectivity index (χ1n) is 6.20. The highest BCUT2D eigenvalue weighted by molar-refractivity contribution is 6.42. The third kappa shape index (κ3) is 3.57. The predicted octanol–water partition coefficient (Wildman–Crippen LogP) is 3.80. The quantitative estimate of drug-likeness (QED) is 0.656. The summed E-state index contributed by atoms with van der Waals surface area (Å²) in [7, 11) is 0. The van der Waals surface area contributed by atoms with Crippen molar-refractivity contribution in [3.63, 3.8) is 0 Å². The number of halogens is 4. The highest BCUT2D eigenvalue weighted by Crippen LogP contribution is 2.41. The number of nitrogens with one attached hydrogen (secondary N) is 1. The highest BCUT2D eigenvalue weighted by Gasteiger charge is 2.42. The average molecular weight is 309 g/mol. The Labute approximate surface area is 121 Å². The summed E-state index contributed by atoms with van der Waals surface area (Å²) >= 11 is 12.1. The SMILES string of the molecule is NNC(Cc1cccc(Cl)c1Cl)C1CCC(F)(F)C1. The predicted molar refractivity (Wildman–Crippen MR) is 73.6 cm³/mol.